The maximum absolute atomic E-state index is 14.2. The minimum Gasteiger partial charge on any atom is -0.468 e. The van der Waals surface area contributed by atoms with Gasteiger partial charge in [-0.2, -0.15) is 15.4 Å². The van der Waals surface area contributed by atoms with Crippen LogP contribution in [0.1, 0.15) is 44.0 Å². The highest BCUT2D eigenvalue weighted by Crippen LogP contribution is 2.46. The molecule has 2 aromatic carbocycles. The third-order valence-electron chi connectivity index (χ3n) is 8.04. The zero-order valence-corrected chi connectivity index (χ0v) is 31.5. The Morgan fingerprint density at radius 1 is 1.00 bits per heavy atom. The molecule has 4 rings (SSSR count). The highest BCUT2D eigenvalue weighted by atomic mass is 31.2. The molecular formula is C36H44N7O10P. The van der Waals surface area contributed by atoms with Gasteiger partial charge in [0.2, 0.25) is 0 Å². The van der Waals surface area contributed by atoms with Crippen LogP contribution >= 0.6 is 7.75 Å². The Bertz CT molecular complexity index is 1970. The smallest absolute Gasteiger partial charge is 0.459 e. The largest absolute Gasteiger partial charge is 0.468 e. The molecule has 18 heteroatoms. The molecule has 4 atom stereocenters. The lowest BCUT2D eigenvalue weighted by Gasteiger charge is -2.28. The summed E-state index contributed by atoms with van der Waals surface area (Å²) in [5.41, 5.74) is 7.00. The number of rotatable bonds is 19. The van der Waals surface area contributed by atoms with E-state index in [0.29, 0.717) is 29.0 Å². The quantitative estimate of drug-likeness (QED) is 0.0687. The van der Waals surface area contributed by atoms with Crippen LogP contribution < -0.4 is 20.7 Å². The van der Waals surface area contributed by atoms with E-state index >= 15 is 0 Å². The number of carbonyl (C=O) groups is 3. The second kappa shape index (κ2) is 19.0. The highest BCUT2D eigenvalue weighted by Gasteiger charge is 2.38. The van der Waals surface area contributed by atoms with Crippen molar-refractivity contribution in [3.05, 3.63) is 89.9 Å². The number of anilines is 1. The Balaban J connectivity index is 1.47. The van der Waals surface area contributed by atoms with E-state index in [0.717, 1.165) is 5.56 Å². The number of aromatic nitrogens is 3. The van der Waals surface area contributed by atoms with Gasteiger partial charge in [0, 0.05) is 19.2 Å². The molecule has 0 aliphatic carbocycles. The molecule has 0 bridgehead atoms. The van der Waals surface area contributed by atoms with Gasteiger partial charge in [-0.3, -0.25) is 9.32 Å². The number of nitrogen functional groups attached to an aromatic ring is 1. The zero-order valence-electron chi connectivity index (χ0n) is 30.6. The van der Waals surface area contributed by atoms with Gasteiger partial charge in [-0.05, 0) is 69.0 Å². The van der Waals surface area contributed by atoms with Gasteiger partial charge in [0.25, 0.3) is 0 Å². The van der Waals surface area contributed by atoms with Crippen LogP contribution in [0.15, 0.2) is 73.1 Å². The highest BCUT2D eigenvalue weighted by molar-refractivity contribution is 7.52. The normalized spacial score (nSPS) is 14.5. The fourth-order valence-corrected chi connectivity index (χ4v) is 6.65. The maximum atomic E-state index is 14.2. The van der Waals surface area contributed by atoms with Crippen molar-refractivity contribution >= 4 is 37.1 Å². The number of alkyl carbamates (subject to hydrolysis) is 1. The number of methoxy groups -OCH3 is 2. The molecule has 4 N–H and O–H groups in total. The van der Waals surface area contributed by atoms with Crippen molar-refractivity contribution < 1.29 is 46.9 Å². The second-order valence-corrected chi connectivity index (χ2v) is 14.1. The fraction of sp³-hybridized carbons (Fsp3) is 0.389. The van der Waals surface area contributed by atoms with E-state index in [9.17, 15) is 24.2 Å². The number of hydrogen-bond acceptors (Lipinski definition) is 14. The Hall–Kier alpha value is -5.53. The number of nitriles is 1. The summed E-state index contributed by atoms with van der Waals surface area (Å²) in [5.74, 6) is -1.06. The molecule has 0 aliphatic heterocycles. The first kappa shape index (κ1) is 41.2. The lowest BCUT2D eigenvalue weighted by atomic mass is 9.99. The standard InChI is InChI=1S/C36H44N7O10P/c1-24(2)52-34(45)30(41-35(46)50-20-27-9-7-6-8-10-27)19-26-11-14-29(15-12-26)53-54(47,42-25(3)33(44)48-4)51-22-36(21-37,49-5)18-17-28-13-16-31-32(38)39-23-40-43(28)31/h6-16,23-25,30H,17-20,22H2,1-5H3,(H,41,46)(H,42,47)(H2,38,39,40)/t25-,30-,36+,54?/m0/s1. The van der Waals surface area contributed by atoms with E-state index in [-0.39, 0.29) is 25.2 Å². The summed E-state index contributed by atoms with van der Waals surface area (Å²) in [6, 6.07) is 18.6. The fourth-order valence-electron chi connectivity index (χ4n) is 5.11. The first-order chi connectivity index (χ1) is 25.8. The summed E-state index contributed by atoms with van der Waals surface area (Å²) in [7, 11) is -1.93. The summed E-state index contributed by atoms with van der Waals surface area (Å²) < 4.78 is 48.4. The second-order valence-electron chi connectivity index (χ2n) is 12.4. The van der Waals surface area contributed by atoms with Crippen LogP contribution in [0.25, 0.3) is 5.52 Å². The van der Waals surface area contributed by atoms with Crippen molar-refractivity contribution in [1.29, 1.82) is 5.26 Å². The Kier molecular flexibility index (Phi) is 14.5. The number of nitrogens with two attached hydrogens (primary N) is 1. The molecular weight excluding hydrogens is 721 g/mol. The molecule has 2 aromatic heterocycles. The van der Waals surface area contributed by atoms with Gasteiger partial charge in [0.15, 0.2) is 11.4 Å². The minimum atomic E-state index is -4.41. The van der Waals surface area contributed by atoms with Gasteiger partial charge in [-0.1, -0.05) is 42.5 Å². The number of nitrogens with one attached hydrogen (secondary N) is 2. The van der Waals surface area contributed by atoms with E-state index in [4.69, 9.17) is 33.7 Å². The van der Waals surface area contributed by atoms with E-state index < -0.39 is 56.2 Å². The Morgan fingerprint density at radius 2 is 1.72 bits per heavy atom. The van der Waals surface area contributed by atoms with Gasteiger partial charge >= 0.3 is 25.8 Å². The number of amides is 1. The van der Waals surface area contributed by atoms with Gasteiger partial charge in [0.05, 0.1) is 13.2 Å². The van der Waals surface area contributed by atoms with Gasteiger partial charge in [-0.15, -0.1) is 0 Å². The van der Waals surface area contributed by atoms with Crippen LogP contribution in [0, 0.1) is 11.3 Å². The summed E-state index contributed by atoms with van der Waals surface area (Å²) in [6.45, 7) is 4.26. The van der Waals surface area contributed by atoms with Crippen molar-refractivity contribution in [2.24, 2.45) is 0 Å². The topological polar surface area (TPSA) is 228 Å². The van der Waals surface area contributed by atoms with Gasteiger partial charge < -0.3 is 34.5 Å². The molecule has 1 amide bonds. The molecule has 0 aliphatic rings. The van der Waals surface area contributed by atoms with Crippen LogP contribution in [0.3, 0.4) is 0 Å². The number of benzene rings is 2. The molecule has 288 valence electrons. The molecule has 1 unspecified atom stereocenters. The van der Waals surface area contributed by atoms with Crippen LogP contribution in [0.5, 0.6) is 5.75 Å². The average Bonchev–Trinajstić information content (AvgIpc) is 3.59. The number of aryl methyl sites for hydroxylation is 1. The third-order valence-corrected chi connectivity index (χ3v) is 9.67. The van der Waals surface area contributed by atoms with E-state index in [1.54, 1.807) is 54.8 Å². The third kappa shape index (κ3) is 11.5. The van der Waals surface area contributed by atoms with Crippen molar-refractivity contribution in [3.8, 4) is 11.8 Å². The number of fused-ring (bicyclic) bond motifs is 1. The molecule has 0 saturated carbocycles. The molecule has 0 radical (unpaired) electrons. The molecule has 54 heavy (non-hydrogen) atoms. The van der Waals surface area contributed by atoms with Crippen molar-refractivity contribution in [3.63, 3.8) is 0 Å². The van der Waals surface area contributed by atoms with Gasteiger partial charge in [0.1, 0.15) is 49.0 Å². The number of carbonyl (C=O) groups excluding carboxylic acids is 3. The summed E-state index contributed by atoms with van der Waals surface area (Å²) in [4.78, 5) is 41.8. The molecule has 17 nitrogen and oxygen atoms in total. The lowest BCUT2D eigenvalue weighted by molar-refractivity contribution is -0.149. The zero-order chi connectivity index (χ0) is 39.3. The van der Waals surface area contributed by atoms with Crippen LogP contribution in [0.4, 0.5) is 10.6 Å². The maximum Gasteiger partial charge on any atom is 0.459 e. The summed E-state index contributed by atoms with van der Waals surface area (Å²) >= 11 is 0. The molecule has 4 aromatic rings. The molecule has 2 heterocycles. The Morgan fingerprint density at radius 3 is 2.37 bits per heavy atom. The van der Waals surface area contributed by atoms with Crippen molar-refractivity contribution in [2.45, 2.75) is 70.4 Å². The predicted octanol–water partition coefficient (Wildman–Crippen LogP) is 4.30. The molecule has 0 fully saturated rings. The lowest BCUT2D eigenvalue weighted by Crippen LogP contribution is -2.44. The first-order valence-corrected chi connectivity index (χ1v) is 18.4. The Labute approximate surface area is 312 Å². The SMILES string of the molecule is COC(=O)[C@H](C)NP(=O)(OC[C@](C#N)(CCc1ccc2c(N)ncnn12)OC)Oc1ccc(C[C@H](NC(=O)OCc2ccccc2)C(=O)OC(C)C)cc1. The molecule has 0 saturated heterocycles. The first-order valence-electron chi connectivity index (χ1n) is 16.9. The van der Waals surface area contributed by atoms with Crippen molar-refractivity contribution in [2.75, 3.05) is 26.6 Å². The van der Waals surface area contributed by atoms with E-state index in [2.05, 4.69) is 26.6 Å². The molecule has 0 spiro atoms. The van der Waals surface area contributed by atoms with Crippen LogP contribution in [0.2, 0.25) is 0 Å². The average molecular weight is 766 g/mol. The van der Waals surface area contributed by atoms with Crippen molar-refractivity contribution in [1.82, 2.24) is 25.0 Å². The van der Waals surface area contributed by atoms with Crippen LogP contribution in [-0.2, 0) is 57.1 Å². The minimum absolute atomic E-state index is 0.00462. The monoisotopic (exact) mass is 765 g/mol. The number of hydrogen-bond donors (Lipinski definition) is 3. The summed E-state index contributed by atoms with van der Waals surface area (Å²) in [5, 5.41) is 19.5. The van der Waals surface area contributed by atoms with E-state index in [1.807, 2.05) is 18.2 Å². The van der Waals surface area contributed by atoms with Gasteiger partial charge in [-0.25, -0.2) is 23.7 Å². The number of esters is 2. The number of nitrogens with zero attached hydrogens (tertiary/aromatic N) is 4. The summed E-state index contributed by atoms with van der Waals surface area (Å²) in [6.07, 6.45) is 0.472. The van der Waals surface area contributed by atoms with Crippen LogP contribution in [-0.4, -0.2) is 77.2 Å². The predicted molar refractivity (Wildman–Crippen MR) is 195 cm³/mol. The number of ether oxygens (including phenoxy) is 4. The van der Waals surface area contributed by atoms with E-state index in [1.165, 1.54) is 39.6 Å².